The van der Waals surface area contributed by atoms with Crippen LogP contribution in [-0.4, -0.2) is 56.8 Å². The van der Waals surface area contributed by atoms with E-state index in [4.69, 9.17) is 0 Å². The molecule has 0 aliphatic heterocycles. The number of pyridine rings is 2. The van der Waals surface area contributed by atoms with Crippen LogP contribution in [0.3, 0.4) is 0 Å². The third kappa shape index (κ3) is 3.32. The molecular weight excluding hydrogens is 370 g/mol. The molecule has 0 fully saturated rings. The van der Waals surface area contributed by atoms with Gasteiger partial charge in [-0.05, 0) is 19.1 Å². The number of aromatic nitrogens is 4. The normalized spacial score (nSPS) is 11.0. The fourth-order valence-electron chi connectivity index (χ4n) is 3.89. The van der Waals surface area contributed by atoms with E-state index in [1.807, 2.05) is 45.6 Å². The molecule has 3 aromatic heterocycles. The summed E-state index contributed by atoms with van der Waals surface area (Å²) in [5.41, 5.74) is 8.99. The van der Waals surface area contributed by atoms with Crippen molar-refractivity contribution in [2.45, 2.75) is 6.92 Å². The highest BCUT2D eigenvalue weighted by Crippen LogP contribution is 2.23. The molecule has 0 atom stereocenters. The molecule has 0 unspecified atom stereocenters. The molecule has 0 bridgehead atoms. The van der Waals surface area contributed by atoms with Crippen molar-refractivity contribution in [3.8, 4) is 11.3 Å². The van der Waals surface area contributed by atoms with E-state index >= 15 is 0 Å². The second-order valence-electron chi connectivity index (χ2n) is 7.83. The Kier molecular flexibility index (Phi) is 5.02. The monoisotopic (exact) mass is 391 g/mol. The zero-order valence-corrected chi connectivity index (χ0v) is 18.2. The number of hydrogen-bond acceptors (Lipinski definition) is 4. The SMILES string of the molecule is Bc1c(B)c(C(=O)Nc2cc3cc(-c4cncn4C)cnc3cn2)c(B)c(B)c1C. The van der Waals surface area contributed by atoms with Gasteiger partial charge in [0.05, 0.1) is 29.9 Å². The summed E-state index contributed by atoms with van der Waals surface area (Å²) in [7, 11) is 10.1. The van der Waals surface area contributed by atoms with Crippen LogP contribution in [0.15, 0.2) is 37.1 Å². The maximum Gasteiger partial charge on any atom is 0.255 e. The third-order valence-corrected chi connectivity index (χ3v) is 6.15. The topological polar surface area (TPSA) is 72.7 Å². The van der Waals surface area contributed by atoms with Crippen molar-refractivity contribution in [1.82, 2.24) is 19.5 Å². The molecule has 0 aliphatic carbocycles. The van der Waals surface area contributed by atoms with Crippen LogP contribution in [0.25, 0.3) is 22.2 Å². The largest absolute Gasteiger partial charge is 0.334 e. The Hall–Kier alpha value is -3.28. The smallest absolute Gasteiger partial charge is 0.255 e. The summed E-state index contributed by atoms with van der Waals surface area (Å²) in [6.45, 7) is 2.10. The fourth-order valence-corrected chi connectivity index (χ4v) is 3.89. The van der Waals surface area contributed by atoms with E-state index in [1.54, 1.807) is 18.7 Å². The van der Waals surface area contributed by atoms with Gasteiger partial charge in [0.1, 0.15) is 37.2 Å². The predicted octanol–water partition coefficient (Wildman–Crippen LogP) is -3.38. The van der Waals surface area contributed by atoms with Gasteiger partial charge in [-0.25, -0.2) is 9.97 Å². The minimum absolute atomic E-state index is 0.140. The molecule has 1 aromatic carbocycles. The Bertz CT molecular complexity index is 1290. The van der Waals surface area contributed by atoms with Gasteiger partial charge in [-0.1, -0.05) is 27.4 Å². The summed E-state index contributed by atoms with van der Waals surface area (Å²) in [6, 6.07) is 3.89. The van der Waals surface area contributed by atoms with Gasteiger partial charge < -0.3 is 9.88 Å². The number of rotatable bonds is 3. The molecular formula is C20H21B4N5O. The molecule has 0 spiro atoms. The van der Waals surface area contributed by atoms with Crippen LogP contribution in [0.5, 0.6) is 0 Å². The highest BCUT2D eigenvalue weighted by molar-refractivity contribution is 6.60. The third-order valence-electron chi connectivity index (χ3n) is 6.15. The number of amides is 1. The van der Waals surface area contributed by atoms with E-state index < -0.39 is 0 Å². The van der Waals surface area contributed by atoms with Gasteiger partial charge >= 0.3 is 0 Å². The van der Waals surface area contributed by atoms with Crippen LogP contribution >= 0.6 is 0 Å². The molecule has 10 heteroatoms. The highest BCUT2D eigenvalue weighted by Gasteiger charge is 2.18. The molecule has 6 nitrogen and oxygen atoms in total. The summed E-state index contributed by atoms with van der Waals surface area (Å²) in [5.74, 6) is 0.366. The number of anilines is 1. The van der Waals surface area contributed by atoms with Crippen molar-refractivity contribution in [3.63, 3.8) is 0 Å². The van der Waals surface area contributed by atoms with E-state index in [0.29, 0.717) is 5.82 Å². The number of hydrogen-bond donors (Lipinski definition) is 1. The molecule has 0 radical (unpaired) electrons. The van der Waals surface area contributed by atoms with Gasteiger partial charge in [0, 0.05) is 29.8 Å². The highest BCUT2D eigenvalue weighted by atomic mass is 16.1. The van der Waals surface area contributed by atoms with Crippen LogP contribution < -0.4 is 27.2 Å². The lowest BCUT2D eigenvalue weighted by Gasteiger charge is -2.19. The lowest BCUT2D eigenvalue weighted by molar-refractivity contribution is 0.102. The Morgan fingerprint density at radius 3 is 2.30 bits per heavy atom. The van der Waals surface area contributed by atoms with Crippen molar-refractivity contribution < 1.29 is 4.79 Å². The number of nitrogens with one attached hydrogen (secondary N) is 1. The molecule has 1 N–H and O–H groups in total. The second-order valence-corrected chi connectivity index (χ2v) is 7.83. The molecule has 0 saturated heterocycles. The quantitative estimate of drug-likeness (QED) is 0.371. The molecule has 3 heterocycles. The first kappa shape index (κ1) is 20.0. The Labute approximate surface area is 179 Å². The van der Waals surface area contributed by atoms with Gasteiger partial charge in [0.2, 0.25) is 0 Å². The van der Waals surface area contributed by atoms with Crippen molar-refractivity contribution in [3.05, 3.63) is 48.2 Å². The predicted molar refractivity (Wildman–Crippen MR) is 134 cm³/mol. The van der Waals surface area contributed by atoms with Gasteiger partial charge in [0.25, 0.3) is 5.91 Å². The molecule has 30 heavy (non-hydrogen) atoms. The second kappa shape index (κ2) is 7.52. The standard InChI is InChI=1S/C20H21B4N5O/c1-9-16(21)18(23)15(19(24)17(9)22)20(30)28-14-4-10-3-11(5-26-12(10)6-27-14)13-7-25-8-29(13)2/h3-8H,21-24H2,1-2H3,(H,27,28,30). The summed E-state index contributed by atoms with van der Waals surface area (Å²) in [4.78, 5) is 26.2. The van der Waals surface area contributed by atoms with Gasteiger partial charge in [-0.3, -0.25) is 9.78 Å². The number of imidazole rings is 1. The zero-order valence-electron chi connectivity index (χ0n) is 18.2. The zero-order chi connectivity index (χ0) is 21.6. The van der Waals surface area contributed by atoms with Crippen LogP contribution in [0.2, 0.25) is 0 Å². The maximum absolute atomic E-state index is 13.1. The molecule has 0 saturated carbocycles. The first-order chi connectivity index (χ1) is 14.3. The molecule has 4 aromatic rings. The van der Waals surface area contributed by atoms with Crippen LogP contribution in [0.1, 0.15) is 15.9 Å². The Morgan fingerprint density at radius 1 is 0.967 bits per heavy atom. The van der Waals surface area contributed by atoms with Crippen LogP contribution in [0.4, 0.5) is 5.82 Å². The van der Waals surface area contributed by atoms with E-state index in [0.717, 1.165) is 49.6 Å². The number of aryl methyl sites for hydroxylation is 1. The van der Waals surface area contributed by atoms with Crippen LogP contribution in [0, 0.1) is 6.92 Å². The fraction of sp³-hybridized carbons (Fsp3) is 0.100. The number of benzene rings is 1. The summed E-state index contributed by atoms with van der Waals surface area (Å²) >= 11 is 0. The average molecular weight is 391 g/mol. The van der Waals surface area contributed by atoms with Gasteiger partial charge in [-0.15, -0.1) is 0 Å². The van der Waals surface area contributed by atoms with Gasteiger partial charge in [-0.2, -0.15) is 0 Å². The van der Waals surface area contributed by atoms with E-state index in [9.17, 15) is 4.79 Å². The minimum atomic E-state index is -0.140. The number of nitrogens with zero attached hydrogens (tertiary/aromatic N) is 4. The van der Waals surface area contributed by atoms with E-state index in [1.165, 1.54) is 5.56 Å². The number of carbonyl (C=O) groups is 1. The summed E-state index contributed by atoms with van der Waals surface area (Å²) < 4.78 is 1.94. The summed E-state index contributed by atoms with van der Waals surface area (Å²) in [6.07, 6.45) is 7.06. The van der Waals surface area contributed by atoms with Gasteiger partial charge in [0.15, 0.2) is 0 Å². The lowest BCUT2D eigenvalue weighted by Crippen LogP contribution is -2.49. The molecule has 144 valence electrons. The summed E-state index contributed by atoms with van der Waals surface area (Å²) in [5, 5.41) is 3.88. The Morgan fingerprint density at radius 2 is 1.67 bits per heavy atom. The van der Waals surface area contributed by atoms with E-state index in [-0.39, 0.29) is 5.91 Å². The molecule has 1 amide bonds. The van der Waals surface area contributed by atoms with Crippen molar-refractivity contribution >= 4 is 75.9 Å². The maximum atomic E-state index is 13.1. The number of fused-ring (bicyclic) bond motifs is 1. The van der Waals surface area contributed by atoms with Crippen molar-refractivity contribution in [2.24, 2.45) is 7.05 Å². The first-order valence-electron chi connectivity index (χ1n) is 9.88. The Balaban J connectivity index is 1.71. The van der Waals surface area contributed by atoms with E-state index in [2.05, 4.69) is 42.9 Å². The average Bonchev–Trinajstić information content (AvgIpc) is 3.16. The van der Waals surface area contributed by atoms with Crippen molar-refractivity contribution in [2.75, 3.05) is 5.32 Å². The lowest BCUT2D eigenvalue weighted by atomic mass is 9.64. The van der Waals surface area contributed by atoms with Crippen LogP contribution in [-0.2, 0) is 7.05 Å². The molecule has 0 aliphatic rings. The molecule has 4 rings (SSSR count). The minimum Gasteiger partial charge on any atom is -0.334 e. The first-order valence-corrected chi connectivity index (χ1v) is 9.88. The number of carbonyl (C=O) groups excluding carboxylic acids is 1. The van der Waals surface area contributed by atoms with Crippen molar-refractivity contribution in [1.29, 1.82) is 0 Å².